The fourth-order valence-corrected chi connectivity index (χ4v) is 3.81. The van der Waals surface area contributed by atoms with Crippen LogP contribution in [0.2, 0.25) is 0 Å². The van der Waals surface area contributed by atoms with Crippen LogP contribution in [-0.4, -0.2) is 41.7 Å². The van der Waals surface area contributed by atoms with Crippen molar-refractivity contribution in [2.75, 3.05) is 19.6 Å². The van der Waals surface area contributed by atoms with Gasteiger partial charge < -0.3 is 20.5 Å². The smallest absolute Gasteiger partial charge is 0.256 e. The van der Waals surface area contributed by atoms with Gasteiger partial charge in [0.2, 0.25) is 0 Å². The number of benzene rings is 2. The van der Waals surface area contributed by atoms with E-state index in [0.717, 1.165) is 12.0 Å². The Kier molecular flexibility index (Phi) is 8.24. The molecule has 1 aliphatic rings. The molecule has 1 saturated heterocycles. The van der Waals surface area contributed by atoms with E-state index in [1.165, 1.54) is 18.2 Å². The molecule has 2 aromatic carbocycles. The number of hydrogen-bond acceptors (Lipinski definition) is 4. The molecule has 30 heavy (non-hydrogen) atoms. The number of aliphatic hydroxyl groups excluding tert-OH is 1. The van der Waals surface area contributed by atoms with Crippen molar-refractivity contribution in [1.82, 2.24) is 4.90 Å². The quantitative estimate of drug-likeness (QED) is 0.737. The SMILES string of the molecule is CC1(C)CC(O)CCN(C(=O)c2cc(Oc3ccc(CCN)cc3)ccc2F)C1.Cl. The summed E-state index contributed by atoms with van der Waals surface area (Å²) in [6.07, 6.45) is 1.44. The maximum atomic E-state index is 14.5. The molecule has 1 unspecified atom stereocenters. The van der Waals surface area contributed by atoms with Crippen LogP contribution in [0.4, 0.5) is 4.39 Å². The minimum absolute atomic E-state index is 0. The van der Waals surface area contributed by atoms with E-state index in [1.54, 1.807) is 4.90 Å². The number of carbonyl (C=O) groups is 1. The molecule has 1 fully saturated rings. The molecular formula is C23H30ClFN2O3. The largest absolute Gasteiger partial charge is 0.457 e. The second kappa shape index (κ2) is 10.2. The summed E-state index contributed by atoms with van der Waals surface area (Å²) in [6, 6.07) is 11.7. The van der Waals surface area contributed by atoms with Gasteiger partial charge in [-0.15, -0.1) is 12.4 Å². The lowest BCUT2D eigenvalue weighted by Crippen LogP contribution is -2.38. The van der Waals surface area contributed by atoms with Crippen molar-refractivity contribution in [2.24, 2.45) is 11.1 Å². The number of halogens is 2. The molecule has 1 heterocycles. The van der Waals surface area contributed by atoms with Crippen molar-refractivity contribution >= 4 is 18.3 Å². The van der Waals surface area contributed by atoms with Crippen LogP contribution in [0.5, 0.6) is 11.5 Å². The first-order valence-electron chi connectivity index (χ1n) is 10.0. The van der Waals surface area contributed by atoms with Gasteiger partial charge >= 0.3 is 0 Å². The average Bonchev–Trinajstić information content (AvgIpc) is 2.81. The van der Waals surface area contributed by atoms with Crippen molar-refractivity contribution in [3.63, 3.8) is 0 Å². The van der Waals surface area contributed by atoms with Gasteiger partial charge in [0.25, 0.3) is 5.91 Å². The molecule has 0 spiro atoms. The lowest BCUT2D eigenvalue weighted by molar-refractivity contribution is 0.0700. The van der Waals surface area contributed by atoms with E-state index in [1.807, 2.05) is 38.1 Å². The van der Waals surface area contributed by atoms with Gasteiger partial charge in [0.1, 0.15) is 17.3 Å². The summed E-state index contributed by atoms with van der Waals surface area (Å²) in [7, 11) is 0. The summed E-state index contributed by atoms with van der Waals surface area (Å²) in [4.78, 5) is 14.7. The molecule has 0 aromatic heterocycles. The summed E-state index contributed by atoms with van der Waals surface area (Å²) in [5.74, 6) is 0.0434. The van der Waals surface area contributed by atoms with Crippen LogP contribution in [0.3, 0.4) is 0 Å². The molecule has 1 atom stereocenters. The van der Waals surface area contributed by atoms with Crippen LogP contribution in [0.1, 0.15) is 42.6 Å². The third-order valence-electron chi connectivity index (χ3n) is 5.19. The van der Waals surface area contributed by atoms with Crippen LogP contribution < -0.4 is 10.5 Å². The average molecular weight is 437 g/mol. The van der Waals surface area contributed by atoms with Crippen LogP contribution >= 0.6 is 12.4 Å². The maximum Gasteiger partial charge on any atom is 0.256 e. The number of nitrogens with two attached hydrogens (primary N) is 1. The van der Waals surface area contributed by atoms with E-state index in [4.69, 9.17) is 10.5 Å². The number of rotatable bonds is 5. The van der Waals surface area contributed by atoms with Crippen LogP contribution in [0.15, 0.2) is 42.5 Å². The predicted molar refractivity (Wildman–Crippen MR) is 118 cm³/mol. The van der Waals surface area contributed by atoms with Crippen molar-refractivity contribution in [2.45, 2.75) is 39.2 Å². The Morgan fingerprint density at radius 2 is 1.90 bits per heavy atom. The molecule has 3 N–H and O–H groups in total. The lowest BCUT2D eigenvalue weighted by atomic mass is 9.87. The highest BCUT2D eigenvalue weighted by Gasteiger charge is 2.32. The Morgan fingerprint density at radius 1 is 1.23 bits per heavy atom. The number of nitrogens with zero attached hydrogens (tertiary/aromatic N) is 1. The zero-order valence-electron chi connectivity index (χ0n) is 17.4. The van der Waals surface area contributed by atoms with E-state index in [-0.39, 0.29) is 29.3 Å². The molecule has 0 saturated carbocycles. The van der Waals surface area contributed by atoms with Crippen molar-refractivity contribution < 1.29 is 19.0 Å². The van der Waals surface area contributed by atoms with E-state index in [2.05, 4.69) is 0 Å². The number of hydrogen-bond donors (Lipinski definition) is 2. The first-order chi connectivity index (χ1) is 13.8. The standard InChI is InChI=1S/C23H29FN2O3.ClH/c1-23(2)14-17(27)10-12-26(15-23)22(28)20-13-19(7-8-21(20)24)29-18-5-3-16(4-6-18)9-11-25;/h3-8,13,17,27H,9-12,14-15,25H2,1-2H3;1H. The highest BCUT2D eigenvalue weighted by molar-refractivity contribution is 5.95. The summed E-state index contributed by atoms with van der Waals surface area (Å²) >= 11 is 0. The summed E-state index contributed by atoms with van der Waals surface area (Å²) in [5.41, 5.74) is 6.42. The van der Waals surface area contributed by atoms with Crippen LogP contribution in [0.25, 0.3) is 0 Å². The molecule has 1 aliphatic heterocycles. The second-order valence-corrected chi connectivity index (χ2v) is 8.46. The Labute approximate surface area is 183 Å². The van der Waals surface area contributed by atoms with Crippen LogP contribution in [-0.2, 0) is 6.42 Å². The van der Waals surface area contributed by atoms with Gasteiger partial charge in [-0.3, -0.25) is 4.79 Å². The maximum absolute atomic E-state index is 14.5. The first-order valence-corrected chi connectivity index (χ1v) is 10.0. The number of ether oxygens (including phenoxy) is 1. The molecule has 164 valence electrons. The zero-order valence-corrected chi connectivity index (χ0v) is 18.3. The molecule has 5 nitrogen and oxygen atoms in total. The van der Waals surface area contributed by atoms with Gasteiger partial charge in [0.15, 0.2) is 0 Å². The molecule has 7 heteroatoms. The number of aliphatic hydroxyl groups is 1. The molecule has 0 radical (unpaired) electrons. The van der Waals surface area contributed by atoms with Crippen LogP contribution in [0, 0.1) is 11.2 Å². The lowest BCUT2D eigenvalue weighted by Gasteiger charge is -2.30. The summed E-state index contributed by atoms with van der Waals surface area (Å²) in [5, 5.41) is 10.1. The molecule has 1 amide bonds. The van der Waals surface area contributed by atoms with Gasteiger partial charge in [-0.25, -0.2) is 4.39 Å². The van der Waals surface area contributed by atoms with Crippen molar-refractivity contribution in [1.29, 1.82) is 0 Å². The molecular weight excluding hydrogens is 407 g/mol. The Hall–Kier alpha value is -2.15. The summed E-state index contributed by atoms with van der Waals surface area (Å²) < 4.78 is 20.3. The van der Waals surface area contributed by atoms with E-state index >= 15 is 0 Å². The monoisotopic (exact) mass is 436 g/mol. The molecule has 0 bridgehead atoms. The van der Waals surface area contributed by atoms with Gasteiger partial charge in [-0.2, -0.15) is 0 Å². The Balaban J connectivity index is 0.00000320. The third kappa shape index (κ3) is 6.17. The number of amides is 1. The van der Waals surface area contributed by atoms with Gasteiger partial charge in [-0.05, 0) is 67.1 Å². The van der Waals surface area contributed by atoms with E-state index in [0.29, 0.717) is 44.0 Å². The van der Waals surface area contributed by atoms with E-state index in [9.17, 15) is 14.3 Å². The van der Waals surface area contributed by atoms with Gasteiger partial charge in [0, 0.05) is 13.1 Å². The number of likely N-dealkylation sites (tertiary alicyclic amines) is 1. The third-order valence-corrected chi connectivity index (χ3v) is 5.19. The minimum Gasteiger partial charge on any atom is -0.457 e. The fraction of sp³-hybridized carbons (Fsp3) is 0.435. The highest BCUT2D eigenvalue weighted by Crippen LogP contribution is 2.30. The molecule has 0 aliphatic carbocycles. The van der Waals surface area contributed by atoms with Gasteiger partial charge in [0.05, 0.1) is 11.7 Å². The topological polar surface area (TPSA) is 75.8 Å². The van der Waals surface area contributed by atoms with E-state index < -0.39 is 11.9 Å². The normalized spacial score (nSPS) is 18.3. The highest BCUT2D eigenvalue weighted by atomic mass is 35.5. The fourth-order valence-electron chi connectivity index (χ4n) is 3.81. The Bertz CT molecular complexity index is 858. The first kappa shape index (κ1) is 24.1. The van der Waals surface area contributed by atoms with Crippen molar-refractivity contribution in [3.05, 3.63) is 59.4 Å². The van der Waals surface area contributed by atoms with Crippen molar-refractivity contribution in [3.8, 4) is 11.5 Å². The predicted octanol–water partition coefficient (Wildman–Crippen LogP) is 4.16. The number of carbonyl (C=O) groups excluding carboxylic acids is 1. The zero-order chi connectivity index (χ0) is 21.0. The molecule has 3 rings (SSSR count). The molecule has 2 aromatic rings. The minimum atomic E-state index is -0.580. The summed E-state index contributed by atoms with van der Waals surface area (Å²) in [6.45, 7) is 5.46. The Morgan fingerprint density at radius 3 is 2.57 bits per heavy atom. The van der Waals surface area contributed by atoms with Gasteiger partial charge in [-0.1, -0.05) is 26.0 Å². The second-order valence-electron chi connectivity index (χ2n) is 8.46.